The summed E-state index contributed by atoms with van der Waals surface area (Å²) in [4.78, 5) is 26.8. The SMILES string of the molecule is COCCCOc1cc2c(nc1Cl)/C(=C/C(O)=C(C=N)C(=O)N=O)N[C@@H]1[C@H]2CCC1(C)C. The van der Waals surface area contributed by atoms with E-state index in [1.807, 2.05) is 6.07 Å². The van der Waals surface area contributed by atoms with Crippen molar-refractivity contribution in [2.45, 2.75) is 45.1 Å². The fraction of sp³-hybridized carbons (Fsp3) is 0.500. The Balaban J connectivity index is 2.08. The van der Waals surface area contributed by atoms with E-state index in [0.717, 1.165) is 18.4 Å². The molecule has 0 unspecified atom stereocenters. The van der Waals surface area contributed by atoms with Crippen LogP contribution in [0.2, 0.25) is 5.15 Å². The molecule has 3 rings (SSSR count). The van der Waals surface area contributed by atoms with E-state index in [0.29, 0.717) is 43.0 Å². The lowest BCUT2D eigenvalue weighted by atomic mass is 9.79. The molecule has 0 radical (unpaired) electrons. The third-order valence-electron chi connectivity index (χ3n) is 6.05. The first-order valence-electron chi connectivity index (χ1n) is 10.4. The number of aliphatic hydroxyl groups is 1. The molecule has 0 aromatic carbocycles. The fourth-order valence-electron chi connectivity index (χ4n) is 4.35. The van der Waals surface area contributed by atoms with Crippen molar-refractivity contribution >= 4 is 29.4 Å². The second-order valence-corrected chi connectivity index (χ2v) is 8.92. The topological polar surface area (TPSA) is 134 Å². The maximum atomic E-state index is 11.6. The predicted octanol–water partition coefficient (Wildman–Crippen LogP) is 4.12. The zero-order chi connectivity index (χ0) is 23.5. The van der Waals surface area contributed by atoms with Gasteiger partial charge in [-0.05, 0) is 29.9 Å². The molecule has 1 saturated carbocycles. The average Bonchev–Trinajstić information content (AvgIpc) is 3.06. The number of aromatic nitrogens is 1. The number of hydrogen-bond donors (Lipinski definition) is 3. The largest absolute Gasteiger partial charge is 0.507 e. The van der Waals surface area contributed by atoms with Gasteiger partial charge in [0.1, 0.15) is 11.3 Å². The number of carbonyl (C=O) groups is 1. The van der Waals surface area contributed by atoms with Gasteiger partial charge < -0.3 is 25.3 Å². The lowest BCUT2D eigenvalue weighted by Gasteiger charge is -2.38. The smallest absolute Gasteiger partial charge is 0.322 e. The van der Waals surface area contributed by atoms with Crippen LogP contribution in [0.1, 0.15) is 50.3 Å². The van der Waals surface area contributed by atoms with E-state index in [-0.39, 0.29) is 22.5 Å². The van der Waals surface area contributed by atoms with Gasteiger partial charge in [0.25, 0.3) is 0 Å². The molecule has 1 aromatic rings. The second-order valence-electron chi connectivity index (χ2n) is 8.56. The zero-order valence-corrected chi connectivity index (χ0v) is 19.0. The van der Waals surface area contributed by atoms with Crippen molar-refractivity contribution in [3.63, 3.8) is 0 Å². The number of carbonyl (C=O) groups excluding carboxylic acids is 1. The number of allylic oxidation sites excluding steroid dienone is 1. The number of nitrogens with zero attached hydrogens (tertiary/aromatic N) is 2. The molecule has 3 N–H and O–H groups in total. The average molecular weight is 463 g/mol. The van der Waals surface area contributed by atoms with Crippen molar-refractivity contribution in [3.05, 3.63) is 44.8 Å². The van der Waals surface area contributed by atoms with Crippen LogP contribution in [0.5, 0.6) is 5.75 Å². The van der Waals surface area contributed by atoms with Crippen LogP contribution in [0.4, 0.5) is 0 Å². The summed E-state index contributed by atoms with van der Waals surface area (Å²) in [5.74, 6) is -1.14. The maximum absolute atomic E-state index is 11.6. The number of amides is 1. The van der Waals surface area contributed by atoms with Crippen molar-refractivity contribution in [3.8, 4) is 5.75 Å². The minimum atomic E-state index is -1.23. The summed E-state index contributed by atoms with van der Waals surface area (Å²) in [6, 6.07) is 1.93. The number of nitroso groups, excluding NO2 is 1. The van der Waals surface area contributed by atoms with Gasteiger partial charge in [0, 0.05) is 49.6 Å². The number of nitrogens with one attached hydrogen (secondary N) is 2. The van der Waals surface area contributed by atoms with Crippen LogP contribution in [0.15, 0.2) is 28.7 Å². The van der Waals surface area contributed by atoms with Crippen LogP contribution in [-0.4, -0.2) is 48.6 Å². The van der Waals surface area contributed by atoms with Gasteiger partial charge in [-0.25, -0.2) is 4.98 Å². The lowest BCUT2D eigenvalue weighted by Crippen LogP contribution is -2.43. The Morgan fingerprint density at radius 1 is 1.47 bits per heavy atom. The number of pyridine rings is 1. The molecule has 0 bridgehead atoms. The summed E-state index contributed by atoms with van der Waals surface area (Å²) in [7, 11) is 1.63. The summed E-state index contributed by atoms with van der Waals surface area (Å²) >= 11 is 6.39. The van der Waals surface area contributed by atoms with Gasteiger partial charge in [-0.3, -0.25) is 4.79 Å². The van der Waals surface area contributed by atoms with Gasteiger partial charge in [0.05, 0.1) is 18.0 Å². The number of methoxy groups -OCH3 is 1. The van der Waals surface area contributed by atoms with Crippen LogP contribution < -0.4 is 10.1 Å². The van der Waals surface area contributed by atoms with Crippen LogP contribution in [-0.2, 0) is 9.53 Å². The Morgan fingerprint density at radius 3 is 2.88 bits per heavy atom. The van der Waals surface area contributed by atoms with E-state index in [1.54, 1.807) is 7.11 Å². The Morgan fingerprint density at radius 2 is 2.22 bits per heavy atom. The van der Waals surface area contributed by atoms with Crippen LogP contribution >= 0.6 is 11.6 Å². The predicted molar refractivity (Wildman–Crippen MR) is 121 cm³/mol. The molecule has 2 heterocycles. The summed E-state index contributed by atoms with van der Waals surface area (Å²) in [6.45, 7) is 5.33. The minimum Gasteiger partial charge on any atom is -0.507 e. The van der Waals surface area contributed by atoms with Crippen LogP contribution in [0, 0.1) is 15.7 Å². The van der Waals surface area contributed by atoms with Gasteiger partial charge in [-0.15, -0.1) is 4.91 Å². The maximum Gasteiger partial charge on any atom is 0.322 e. The molecule has 1 aliphatic carbocycles. The van der Waals surface area contributed by atoms with Gasteiger partial charge >= 0.3 is 5.91 Å². The van der Waals surface area contributed by atoms with E-state index in [4.69, 9.17) is 26.5 Å². The van der Waals surface area contributed by atoms with Crippen molar-refractivity contribution < 1.29 is 19.4 Å². The molecule has 1 fully saturated rings. The third kappa shape index (κ3) is 4.68. The monoisotopic (exact) mass is 462 g/mol. The van der Waals surface area contributed by atoms with E-state index in [9.17, 15) is 14.8 Å². The van der Waals surface area contributed by atoms with Gasteiger partial charge in [-0.1, -0.05) is 25.4 Å². The lowest BCUT2D eigenvalue weighted by molar-refractivity contribution is -0.114. The van der Waals surface area contributed by atoms with Crippen molar-refractivity contribution in [2.24, 2.45) is 10.6 Å². The van der Waals surface area contributed by atoms with Gasteiger partial charge in [0.2, 0.25) is 0 Å². The molecule has 9 nitrogen and oxygen atoms in total. The Hall–Kier alpha value is -2.78. The first-order valence-corrected chi connectivity index (χ1v) is 10.7. The molecule has 172 valence electrons. The first-order chi connectivity index (χ1) is 15.2. The summed E-state index contributed by atoms with van der Waals surface area (Å²) < 4.78 is 10.9. The van der Waals surface area contributed by atoms with E-state index < -0.39 is 17.2 Å². The van der Waals surface area contributed by atoms with Crippen molar-refractivity contribution in [1.29, 1.82) is 5.41 Å². The number of rotatable bonds is 8. The third-order valence-corrected chi connectivity index (χ3v) is 6.32. The summed E-state index contributed by atoms with van der Waals surface area (Å²) in [6.07, 6.45) is 4.52. The number of fused-ring (bicyclic) bond motifs is 3. The Labute approximate surface area is 191 Å². The van der Waals surface area contributed by atoms with Crippen LogP contribution in [0.3, 0.4) is 0 Å². The standard InChI is InChI=1S/C22H27ClN4O5/c1-22(2)6-5-12-13-9-17(32-8-4-7-31-3)20(23)26-18(13)15(25-19(12)22)10-16(28)14(11-24)21(29)27-30/h9-12,19,24-25,28H,4-8H2,1-3H3/b15-10-,16-14?,24-11?/t12-,19+/m0/s1. The normalized spacial score (nSPS) is 22.9. The molecule has 1 amide bonds. The molecule has 2 aliphatic rings. The highest BCUT2D eigenvalue weighted by Crippen LogP contribution is 2.51. The molecule has 1 aliphatic heterocycles. The Kier molecular flexibility index (Phi) is 7.30. The fourth-order valence-corrected chi connectivity index (χ4v) is 4.55. The summed E-state index contributed by atoms with van der Waals surface area (Å²) in [5, 5.41) is 23.7. The van der Waals surface area contributed by atoms with Crippen molar-refractivity contribution in [2.75, 3.05) is 20.3 Å². The molecule has 2 atom stereocenters. The highest BCUT2D eigenvalue weighted by atomic mass is 35.5. The van der Waals surface area contributed by atoms with Gasteiger partial charge in [0.15, 0.2) is 10.9 Å². The number of hydrogen-bond acceptors (Lipinski definition) is 8. The van der Waals surface area contributed by atoms with Crippen molar-refractivity contribution in [1.82, 2.24) is 10.3 Å². The molecular weight excluding hydrogens is 436 g/mol. The van der Waals surface area contributed by atoms with E-state index >= 15 is 0 Å². The van der Waals surface area contributed by atoms with Gasteiger partial charge in [-0.2, -0.15) is 0 Å². The quantitative estimate of drug-likeness (QED) is 0.132. The molecular formula is C22H27ClN4O5. The minimum absolute atomic E-state index is 0.0373. The molecule has 10 heteroatoms. The summed E-state index contributed by atoms with van der Waals surface area (Å²) in [5.41, 5.74) is 1.36. The molecule has 32 heavy (non-hydrogen) atoms. The number of ether oxygens (including phenoxy) is 2. The second kappa shape index (κ2) is 9.79. The molecule has 1 aromatic heterocycles. The van der Waals surface area contributed by atoms with Crippen LogP contribution in [0.25, 0.3) is 5.70 Å². The number of aliphatic hydroxyl groups excluding tert-OH is 1. The number of halogens is 1. The Bertz CT molecular complexity index is 989. The zero-order valence-electron chi connectivity index (χ0n) is 18.3. The first kappa shape index (κ1) is 23.9. The molecule has 0 saturated heterocycles. The molecule has 0 spiro atoms. The highest BCUT2D eigenvalue weighted by Gasteiger charge is 2.47. The highest BCUT2D eigenvalue weighted by molar-refractivity contribution is 6.31. The van der Waals surface area contributed by atoms with E-state index in [2.05, 4.69) is 29.3 Å². The van der Waals surface area contributed by atoms with E-state index in [1.165, 1.54) is 6.08 Å².